The van der Waals surface area contributed by atoms with Crippen LogP contribution in [0.25, 0.3) is 0 Å². The van der Waals surface area contributed by atoms with Crippen LogP contribution in [0.15, 0.2) is 42.5 Å². The first-order valence-corrected chi connectivity index (χ1v) is 12.6. The van der Waals surface area contributed by atoms with Crippen LogP contribution in [0, 0.1) is 18.2 Å². The fourth-order valence-electron chi connectivity index (χ4n) is 4.14. The summed E-state index contributed by atoms with van der Waals surface area (Å²) in [6, 6.07) is 7.13. The number of benzene rings is 2. The van der Waals surface area contributed by atoms with E-state index in [0.29, 0.717) is 24.0 Å². The highest BCUT2D eigenvalue weighted by Crippen LogP contribution is 2.29. The van der Waals surface area contributed by atoms with Crippen LogP contribution in [-0.4, -0.2) is 48.3 Å². The SMILES string of the molecule is C#CCC1NC(=O)CCCCOc2ccc(cc2F)C[C@@H]([C@H](O)CNCc2cccc(C(F)(F)F)c2)NC1=O. The third kappa shape index (κ3) is 9.26. The molecule has 1 unspecified atom stereocenters. The normalized spacial score (nSPS) is 19.9. The predicted molar refractivity (Wildman–Crippen MR) is 136 cm³/mol. The van der Waals surface area contributed by atoms with Gasteiger partial charge in [0.05, 0.1) is 24.3 Å². The molecule has 2 aliphatic heterocycles. The first kappa shape index (κ1) is 29.9. The average Bonchev–Trinajstić information content (AvgIpc) is 2.88. The number of hydrogen-bond donors (Lipinski definition) is 4. The summed E-state index contributed by atoms with van der Waals surface area (Å²) in [7, 11) is 0. The average molecular weight is 550 g/mol. The van der Waals surface area contributed by atoms with Crippen molar-refractivity contribution in [3.63, 3.8) is 0 Å². The van der Waals surface area contributed by atoms with Gasteiger partial charge < -0.3 is 25.8 Å². The first-order valence-electron chi connectivity index (χ1n) is 12.6. The number of alkyl halides is 3. The number of fused-ring (bicyclic) bond motifs is 13. The van der Waals surface area contributed by atoms with Crippen molar-refractivity contribution in [1.82, 2.24) is 16.0 Å². The second-order valence-corrected chi connectivity index (χ2v) is 9.31. The molecule has 2 aliphatic rings. The molecule has 0 aromatic heterocycles. The summed E-state index contributed by atoms with van der Waals surface area (Å²) < 4.78 is 59.1. The zero-order chi connectivity index (χ0) is 28.4. The molecule has 2 heterocycles. The van der Waals surface area contributed by atoms with E-state index in [1.807, 2.05) is 0 Å². The standard InChI is InChI=1S/C28H31F4N3O4/c1-2-6-22-27(38)35-23(24(36)17-33-16-19-7-5-8-20(13-19)28(30,31)32)15-18-10-11-25(21(29)14-18)39-12-4-3-9-26(37)34-22/h1,5,7-8,10-11,13-14,22-24,33,36H,3-4,6,9,12,15-17H2,(H,34,37)(H,35,38)/t22?,23-,24+/m0/s1. The van der Waals surface area contributed by atoms with E-state index < -0.39 is 41.7 Å². The third-order valence-electron chi connectivity index (χ3n) is 6.21. The van der Waals surface area contributed by atoms with Crippen LogP contribution in [0.5, 0.6) is 5.75 Å². The monoisotopic (exact) mass is 549 g/mol. The minimum absolute atomic E-state index is 0.0199. The van der Waals surface area contributed by atoms with Gasteiger partial charge in [0, 0.05) is 25.9 Å². The van der Waals surface area contributed by atoms with Gasteiger partial charge >= 0.3 is 6.18 Å². The van der Waals surface area contributed by atoms with Crippen molar-refractivity contribution in [3.05, 3.63) is 65.0 Å². The van der Waals surface area contributed by atoms with Gasteiger partial charge in [-0.15, -0.1) is 12.3 Å². The first-order chi connectivity index (χ1) is 18.6. The molecular weight excluding hydrogens is 518 g/mol. The quantitative estimate of drug-likeness (QED) is 0.328. The summed E-state index contributed by atoms with van der Waals surface area (Å²) in [5, 5.41) is 19.1. The maximum Gasteiger partial charge on any atom is 0.416 e. The second-order valence-electron chi connectivity index (χ2n) is 9.31. The van der Waals surface area contributed by atoms with Crippen molar-refractivity contribution in [2.24, 2.45) is 0 Å². The van der Waals surface area contributed by atoms with E-state index in [-0.39, 0.29) is 50.6 Å². The van der Waals surface area contributed by atoms with Crippen molar-refractivity contribution in [3.8, 4) is 18.1 Å². The van der Waals surface area contributed by atoms with Crippen LogP contribution in [0.4, 0.5) is 17.6 Å². The van der Waals surface area contributed by atoms with Crippen LogP contribution in [0.1, 0.15) is 42.4 Å². The van der Waals surface area contributed by atoms with Gasteiger partial charge in [0.15, 0.2) is 11.6 Å². The summed E-state index contributed by atoms with van der Waals surface area (Å²) in [6.45, 7) is 0.131. The maximum atomic E-state index is 14.6. The Kier molecular flexibility index (Phi) is 10.7. The van der Waals surface area contributed by atoms with Gasteiger partial charge in [0.1, 0.15) is 6.04 Å². The lowest BCUT2D eigenvalue weighted by atomic mass is 9.99. The number of aliphatic hydroxyl groups is 1. The Hall–Kier alpha value is -3.62. The molecule has 0 saturated carbocycles. The highest BCUT2D eigenvalue weighted by Gasteiger charge is 2.30. The Morgan fingerprint density at radius 3 is 2.67 bits per heavy atom. The molecule has 0 saturated heterocycles. The molecule has 0 radical (unpaired) electrons. The smallest absolute Gasteiger partial charge is 0.416 e. The molecule has 39 heavy (non-hydrogen) atoms. The fourth-order valence-corrected chi connectivity index (χ4v) is 4.14. The van der Waals surface area contributed by atoms with Crippen molar-refractivity contribution >= 4 is 11.8 Å². The Labute approximate surface area is 224 Å². The van der Waals surface area contributed by atoms with E-state index in [0.717, 1.165) is 12.1 Å². The van der Waals surface area contributed by atoms with E-state index in [1.54, 1.807) is 6.07 Å². The fraction of sp³-hybridized carbons (Fsp3) is 0.429. The molecule has 0 spiro atoms. The molecule has 2 aromatic carbocycles. The van der Waals surface area contributed by atoms with Crippen molar-refractivity contribution < 1.29 is 37.0 Å². The second kappa shape index (κ2) is 14.0. The summed E-state index contributed by atoms with van der Waals surface area (Å²) in [6.07, 6.45) is 0.695. The van der Waals surface area contributed by atoms with Gasteiger partial charge in [-0.2, -0.15) is 13.2 Å². The summed E-state index contributed by atoms with van der Waals surface area (Å²) in [4.78, 5) is 25.4. The minimum Gasteiger partial charge on any atom is -0.491 e. The Bertz CT molecular complexity index is 1180. The molecule has 2 aromatic rings. The number of amides is 2. The van der Waals surface area contributed by atoms with Gasteiger partial charge in [-0.1, -0.05) is 24.3 Å². The Morgan fingerprint density at radius 1 is 1.15 bits per heavy atom. The maximum absolute atomic E-state index is 14.6. The molecule has 210 valence electrons. The molecule has 11 heteroatoms. The number of halogens is 4. The van der Waals surface area contributed by atoms with Crippen molar-refractivity contribution in [1.29, 1.82) is 0 Å². The molecule has 3 atom stereocenters. The largest absolute Gasteiger partial charge is 0.491 e. The number of ether oxygens (including phenoxy) is 1. The highest BCUT2D eigenvalue weighted by molar-refractivity contribution is 5.88. The van der Waals surface area contributed by atoms with Crippen LogP contribution in [0.2, 0.25) is 0 Å². The molecule has 7 nitrogen and oxygen atoms in total. The van der Waals surface area contributed by atoms with Gasteiger partial charge in [-0.05, 0) is 48.6 Å². The summed E-state index contributed by atoms with van der Waals surface area (Å²) in [5.74, 6) is 0.801. The lowest BCUT2D eigenvalue weighted by Crippen LogP contribution is -2.54. The number of aliphatic hydroxyl groups excluding tert-OH is 1. The van der Waals surface area contributed by atoms with Gasteiger partial charge in [-0.3, -0.25) is 9.59 Å². The third-order valence-corrected chi connectivity index (χ3v) is 6.21. The van der Waals surface area contributed by atoms with E-state index in [4.69, 9.17) is 11.2 Å². The molecule has 4 N–H and O–H groups in total. The van der Waals surface area contributed by atoms with Crippen molar-refractivity contribution in [2.45, 2.75) is 63.0 Å². The Morgan fingerprint density at radius 2 is 1.95 bits per heavy atom. The van der Waals surface area contributed by atoms with E-state index in [2.05, 4.69) is 21.9 Å². The molecule has 2 bridgehead atoms. The molecule has 0 fully saturated rings. The molecule has 0 aliphatic carbocycles. The van der Waals surface area contributed by atoms with Gasteiger partial charge in [0.25, 0.3) is 0 Å². The lowest BCUT2D eigenvalue weighted by Gasteiger charge is -2.27. The zero-order valence-electron chi connectivity index (χ0n) is 21.2. The van der Waals surface area contributed by atoms with E-state index in [9.17, 15) is 32.3 Å². The summed E-state index contributed by atoms with van der Waals surface area (Å²) in [5.41, 5.74) is 0.0309. The van der Waals surface area contributed by atoms with Crippen LogP contribution in [-0.2, 0) is 28.7 Å². The van der Waals surface area contributed by atoms with Crippen LogP contribution in [0.3, 0.4) is 0 Å². The lowest BCUT2D eigenvalue weighted by molar-refractivity contribution is -0.137. The number of carbonyl (C=O) groups excluding carboxylic acids is 2. The van der Waals surface area contributed by atoms with Crippen molar-refractivity contribution in [2.75, 3.05) is 13.2 Å². The number of rotatable bonds is 6. The molecule has 4 rings (SSSR count). The molecular formula is C28H31F4N3O4. The molecule has 2 amide bonds. The minimum atomic E-state index is -4.48. The van der Waals surface area contributed by atoms with Crippen LogP contribution < -0.4 is 20.7 Å². The predicted octanol–water partition coefficient (Wildman–Crippen LogP) is 3.09. The van der Waals surface area contributed by atoms with E-state index in [1.165, 1.54) is 24.3 Å². The number of nitrogens with one attached hydrogen (secondary N) is 3. The Balaban J connectivity index is 1.77. The van der Waals surface area contributed by atoms with Gasteiger partial charge in [-0.25, -0.2) is 4.39 Å². The summed E-state index contributed by atoms with van der Waals surface area (Å²) >= 11 is 0. The highest BCUT2D eigenvalue weighted by atomic mass is 19.4. The number of terminal acetylenes is 1. The van der Waals surface area contributed by atoms with Crippen LogP contribution >= 0.6 is 0 Å². The van der Waals surface area contributed by atoms with E-state index >= 15 is 0 Å². The van der Waals surface area contributed by atoms with Gasteiger partial charge in [0.2, 0.25) is 11.8 Å². The number of carbonyl (C=O) groups is 2. The topological polar surface area (TPSA) is 99.7 Å². The number of hydrogen-bond acceptors (Lipinski definition) is 5. The zero-order valence-corrected chi connectivity index (χ0v) is 21.2.